The van der Waals surface area contributed by atoms with Gasteiger partial charge in [0.2, 0.25) is 0 Å². The van der Waals surface area contributed by atoms with Gasteiger partial charge in [0.25, 0.3) is 0 Å². The van der Waals surface area contributed by atoms with Gasteiger partial charge >= 0.3 is 0 Å². The highest BCUT2D eigenvalue weighted by Crippen LogP contribution is 2.34. The lowest BCUT2D eigenvalue weighted by Gasteiger charge is -2.26. The van der Waals surface area contributed by atoms with Gasteiger partial charge < -0.3 is 9.84 Å². The Balaban J connectivity index is 1.48. The number of hydrogen-bond donors (Lipinski definition) is 1. The second kappa shape index (κ2) is 8.29. The van der Waals surface area contributed by atoms with Gasteiger partial charge in [-0.05, 0) is 48.5 Å². The summed E-state index contributed by atoms with van der Waals surface area (Å²) in [7, 11) is 0. The molecule has 1 saturated heterocycles. The molecule has 24 heavy (non-hydrogen) atoms. The number of nitriles is 1. The van der Waals surface area contributed by atoms with Crippen molar-refractivity contribution in [3.05, 3.63) is 52.2 Å². The molecule has 3 rings (SSSR count). The van der Waals surface area contributed by atoms with E-state index >= 15 is 0 Å². The van der Waals surface area contributed by atoms with Gasteiger partial charge in [-0.3, -0.25) is 4.90 Å². The molecule has 0 radical (unpaired) electrons. The van der Waals surface area contributed by atoms with E-state index in [2.05, 4.69) is 28.5 Å². The van der Waals surface area contributed by atoms with Crippen LogP contribution in [0.1, 0.15) is 29.3 Å². The van der Waals surface area contributed by atoms with Crippen molar-refractivity contribution in [1.29, 1.82) is 5.26 Å². The molecule has 1 aliphatic rings. The average Bonchev–Trinajstić information content (AvgIpc) is 3.25. The molecule has 0 bridgehead atoms. The molecule has 1 fully saturated rings. The van der Waals surface area contributed by atoms with Gasteiger partial charge in [-0.25, -0.2) is 0 Å². The predicted octanol–water partition coefficient (Wildman–Crippen LogP) is 3.39. The third-order valence-corrected chi connectivity index (χ3v) is 5.30. The first-order valence-corrected chi connectivity index (χ1v) is 9.18. The van der Waals surface area contributed by atoms with Gasteiger partial charge in [0.1, 0.15) is 18.5 Å². The SMILES string of the molecule is N#CCc1ccc(OC[C@@H](O)CN2CCC[C@H]2c2cccs2)cc1. The number of hydrogen-bond acceptors (Lipinski definition) is 5. The van der Waals surface area contributed by atoms with Crippen molar-refractivity contribution in [3.8, 4) is 11.8 Å². The molecule has 1 aromatic heterocycles. The van der Waals surface area contributed by atoms with Crippen LogP contribution in [0.25, 0.3) is 0 Å². The zero-order chi connectivity index (χ0) is 16.8. The van der Waals surface area contributed by atoms with Gasteiger partial charge in [-0.2, -0.15) is 5.26 Å². The van der Waals surface area contributed by atoms with Crippen molar-refractivity contribution in [1.82, 2.24) is 4.90 Å². The summed E-state index contributed by atoms with van der Waals surface area (Å²) in [5, 5.41) is 21.1. The first kappa shape index (κ1) is 17.0. The van der Waals surface area contributed by atoms with Gasteiger partial charge in [0.05, 0.1) is 12.5 Å². The smallest absolute Gasteiger partial charge is 0.119 e. The van der Waals surface area contributed by atoms with Crippen LogP contribution in [0.3, 0.4) is 0 Å². The third kappa shape index (κ3) is 4.35. The summed E-state index contributed by atoms with van der Waals surface area (Å²) in [5.74, 6) is 0.729. The topological polar surface area (TPSA) is 56.5 Å². The maximum Gasteiger partial charge on any atom is 0.119 e. The number of aliphatic hydroxyl groups excluding tert-OH is 1. The predicted molar refractivity (Wildman–Crippen MR) is 95.1 cm³/mol. The standard InChI is InChI=1S/C19H22N2O2S/c20-10-9-15-5-7-17(8-6-15)23-14-16(22)13-21-11-1-3-18(21)19-4-2-12-24-19/h2,4-8,12,16,18,22H,1,3,9,11,13-14H2/t16-,18-/m0/s1. The number of β-amino-alcohol motifs (C(OH)–C–C–N with tert-alkyl or cyclic N) is 1. The Bertz CT molecular complexity index is 664. The van der Waals surface area contributed by atoms with Crippen molar-refractivity contribution >= 4 is 11.3 Å². The molecule has 0 spiro atoms. The molecule has 4 nitrogen and oxygen atoms in total. The minimum Gasteiger partial charge on any atom is -0.491 e. The summed E-state index contributed by atoms with van der Waals surface area (Å²) < 4.78 is 5.68. The van der Waals surface area contributed by atoms with Crippen molar-refractivity contribution in [2.45, 2.75) is 31.4 Å². The Hall–Kier alpha value is -1.87. The van der Waals surface area contributed by atoms with Crippen LogP contribution in [-0.2, 0) is 6.42 Å². The van der Waals surface area contributed by atoms with E-state index in [0.29, 0.717) is 19.0 Å². The lowest BCUT2D eigenvalue weighted by Crippen LogP contribution is -2.35. The van der Waals surface area contributed by atoms with Crippen LogP contribution in [0.5, 0.6) is 5.75 Å². The highest BCUT2D eigenvalue weighted by Gasteiger charge is 2.28. The minimum atomic E-state index is -0.510. The van der Waals surface area contributed by atoms with Crippen molar-refractivity contribution in [2.24, 2.45) is 0 Å². The summed E-state index contributed by atoms with van der Waals surface area (Å²) in [4.78, 5) is 3.74. The fraction of sp³-hybridized carbons (Fsp3) is 0.421. The minimum absolute atomic E-state index is 0.283. The molecule has 1 aliphatic heterocycles. The second-order valence-corrected chi connectivity index (χ2v) is 7.09. The molecule has 0 amide bonds. The van der Waals surface area contributed by atoms with E-state index in [0.717, 1.165) is 24.3 Å². The molecule has 5 heteroatoms. The maximum atomic E-state index is 10.3. The van der Waals surface area contributed by atoms with Crippen LogP contribution in [-0.4, -0.2) is 35.8 Å². The number of ether oxygens (including phenoxy) is 1. The van der Waals surface area contributed by atoms with Crippen LogP contribution >= 0.6 is 11.3 Å². The first-order chi connectivity index (χ1) is 11.8. The Morgan fingerprint density at radius 1 is 1.33 bits per heavy atom. The molecule has 126 valence electrons. The van der Waals surface area contributed by atoms with Gasteiger partial charge in [0, 0.05) is 17.5 Å². The van der Waals surface area contributed by atoms with Crippen LogP contribution in [0.4, 0.5) is 0 Å². The fourth-order valence-corrected chi connectivity index (χ4v) is 4.05. The van der Waals surface area contributed by atoms with E-state index in [-0.39, 0.29) is 6.61 Å². The van der Waals surface area contributed by atoms with Crippen LogP contribution < -0.4 is 4.74 Å². The molecule has 2 atom stereocenters. The average molecular weight is 342 g/mol. The summed E-state index contributed by atoms with van der Waals surface area (Å²) in [6.45, 7) is 1.95. The monoisotopic (exact) mass is 342 g/mol. The largest absolute Gasteiger partial charge is 0.491 e. The molecule has 1 N–H and O–H groups in total. The van der Waals surface area contributed by atoms with E-state index < -0.39 is 6.10 Å². The fourth-order valence-electron chi connectivity index (χ4n) is 3.16. The summed E-state index contributed by atoms with van der Waals surface area (Å²) >= 11 is 1.79. The maximum absolute atomic E-state index is 10.3. The Labute approximate surface area is 146 Å². The number of thiophene rings is 1. The first-order valence-electron chi connectivity index (χ1n) is 8.30. The van der Waals surface area contributed by atoms with E-state index in [4.69, 9.17) is 10.00 Å². The molecule has 0 unspecified atom stereocenters. The highest BCUT2D eigenvalue weighted by atomic mass is 32.1. The molecular formula is C19H22N2O2S. The van der Waals surface area contributed by atoms with Crippen molar-refractivity contribution in [3.63, 3.8) is 0 Å². The molecule has 0 aliphatic carbocycles. The molecule has 2 heterocycles. The Morgan fingerprint density at radius 2 is 2.17 bits per heavy atom. The zero-order valence-corrected chi connectivity index (χ0v) is 14.4. The van der Waals surface area contributed by atoms with Gasteiger partial charge in [0.15, 0.2) is 0 Å². The summed E-state index contributed by atoms with van der Waals surface area (Å²) in [6, 6.07) is 14.3. The highest BCUT2D eigenvalue weighted by molar-refractivity contribution is 7.10. The number of likely N-dealkylation sites (tertiary alicyclic amines) is 1. The summed E-state index contributed by atoms with van der Waals surface area (Å²) in [5.41, 5.74) is 0.973. The Morgan fingerprint density at radius 3 is 2.88 bits per heavy atom. The second-order valence-electron chi connectivity index (χ2n) is 6.11. The van der Waals surface area contributed by atoms with Crippen LogP contribution in [0.2, 0.25) is 0 Å². The van der Waals surface area contributed by atoms with Crippen molar-refractivity contribution in [2.75, 3.05) is 19.7 Å². The number of rotatable bonds is 7. The summed E-state index contributed by atoms with van der Waals surface area (Å²) in [6.07, 6.45) is 2.23. The van der Waals surface area contributed by atoms with Gasteiger partial charge in [-0.1, -0.05) is 18.2 Å². The zero-order valence-electron chi connectivity index (χ0n) is 13.6. The van der Waals surface area contributed by atoms with Gasteiger partial charge in [-0.15, -0.1) is 11.3 Å². The molecular weight excluding hydrogens is 320 g/mol. The lowest BCUT2D eigenvalue weighted by atomic mass is 10.1. The normalized spacial score (nSPS) is 19.1. The van der Waals surface area contributed by atoms with Crippen LogP contribution in [0, 0.1) is 11.3 Å². The van der Waals surface area contributed by atoms with E-state index in [1.165, 1.54) is 11.3 Å². The lowest BCUT2D eigenvalue weighted by molar-refractivity contribution is 0.0643. The number of nitrogens with zero attached hydrogens (tertiary/aromatic N) is 2. The van der Waals surface area contributed by atoms with E-state index in [1.807, 2.05) is 24.3 Å². The molecule has 2 aromatic rings. The Kier molecular flexibility index (Phi) is 5.86. The third-order valence-electron chi connectivity index (χ3n) is 4.33. The van der Waals surface area contributed by atoms with Crippen molar-refractivity contribution < 1.29 is 9.84 Å². The molecule has 0 saturated carbocycles. The van der Waals surface area contributed by atoms with Crippen LogP contribution in [0.15, 0.2) is 41.8 Å². The van der Waals surface area contributed by atoms with E-state index in [1.54, 1.807) is 11.3 Å². The molecule has 1 aromatic carbocycles. The quantitative estimate of drug-likeness (QED) is 0.838. The number of aliphatic hydroxyl groups is 1. The number of benzene rings is 1. The van der Waals surface area contributed by atoms with E-state index in [9.17, 15) is 5.11 Å².